The molecule has 0 aromatic heterocycles. The van der Waals surface area contributed by atoms with E-state index in [9.17, 15) is 0 Å². The molecular weight excluding hydrogens is 240 g/mol. The van der Waals surface area contributed by atoms with E-state index >= 15 is 0 Å². The monoisotopic (exact) mass is 250 g/mol. The van der Waals surface area contributed by atoms with Gasteiger partial charge in [0, 0.05) is 17.1 Å². The van der Waals surface area contributed by atoms with Crippen molar-refractivity contribution >= 4 is 16.6 Å². The van der Waals surface area contributed by atoms with Gasteiger partial charge in [-0.1, -0.05) is 0 Å². The van der Waals surface area contributed by atoms with Gasteiger partial charge in [0.15, 0.2) is 0 Å². The Bertz CT molecular complexity index is 164. The third-order valence-electron chi connectivity index (χ3n) is 0. The van der Waals surface area contributed by atoms with Crippen LogP contribution in [0.15, 0.2) is 0 Å². The van der Waals surface area contributed by atoms with Gasteiger partial charge in [-0.05, 0) is 0 Å². The van der Waals surface area contributed by atoms with E-state index in [4.69, 9.17) is 32.5 Å². The molecule has 0 atom stereocenters. The minimum absolute atomic E-state index is 0. The summed E-state index contributed by atoms with van der Waals surface area (Å²) in [6.07, 6.45) is -1.83. The predicted molar refractivity (Wildman–Crippen MR) is 34.9 cm³/mol. The number of rotatable bonds is 0. The van der Waals surface area contributed by atoms with Crippen LogP contribution >= 0.6 is 0 Å². The summed E-state index contributed by atoms with van der Waals surface area (Å²) in [5, 5.41) is 13.9. The molecule has 0 bridgehead atoms. The van der Waals surface area contributed by atoms with Crippen LogP contribution in [0, 0.1) is 0 Å². The molecule has 0 fully saturated rings. The van der Waals surface area contributed by atoms with Crippen LogP contribution in [-0.2, 0) is 27.5 Å². The second-order valence-electron chi connectivity index (χ2n) is 0.730. The first-order chi connectivity index (χ1) is 3.73. The fraction of sp³-hybridized carbons (Fsp3) is 0. The molecule has 0 amide bonds. The summed E-state index contributed by atoms with van der Waals surface area (Å²) in [6.45, 7) is 0. The van der Waals surface area contributed by atoms with Crippen LogP contribution in [0.3, 0.4) is 0 Å². The Morgan fingerprint density at radius 1 is 1.00 bits per heavy atom. The second kappa shape index (κ2) is 13.2. The molecule has 9 nitrogen and oxygen atoms in total. The van der Waals surface area contributed by atoms with E-state index < -0.39 is 16.6 Å². The molecule has 0 aromatic carbocycles. The van der Waals surface area contributed by atoms with Gasteiger partial charge in [-0.2, -0.15) is 8.42 Å². The van der Waals surface area contributed by atoms with Crippen molar-refractivity contribution in [1.82, 2.24) is 12.3 Å². The van der Waals surface area contributed by atoms with Crippen molar-refractivity contribution in [3.05, 3.63) is 0 Å². The van der Waals surface area contributed by atoms with Crippen LogP contribution in [0.5, 0.6) is 0 Å². The molecular formula is CH10FeN2O7S. The molecule has 0 aromatic rings. The molecule has 0 rings (SSSR count). The molecule has 0 saturated carbocycles. The number of hydrogen-bond acceptors (Lipinski definition) is 5. The Morgan fingerprint density at radius 2 is 1.00 bits per heavy atom. The van der Waals surface area contributed by atoms with Gasteiger partial charge >= 0.3 is 16.6 Å². The van der Waals surface area contributed by atoms with Gasteiger partial charge in [0.1, 0.15) is 0 Å². The van der Waals surface area contributed by atoms with Gasteiger partial charge in [0.25, 0.3) is 0 Å². The first-order valence-corrected chi connectivity index (χ1v) is 2.75. The zero-order chi connectivity index (χ0) is 8.08. The average molecular weight is 250 g/mol. The Balaban J connectivity index is -0.0000000221. The Morgan fingerprint density at radius 3 is 1.00 bits per heavy atom. The van der Waals surface area contributed by atoms with Gasteiger partial charge in [0.05, 0.1) is 0 Å². The topological polar surface area (TPSA) is 202 Å². The van der Waals surface area contributed by atoms with Crippen LogP contribution in [0.1, 0.15) is 0 Å². The summed E-state index contributed by atoms with van der Waals surface area (Å²) in [5.74, 6) is 0. The SMILES string of the molecule is N.N.O=C(O)O.O=S(=O)(O)O.[Fe]. The van der Waals surface area contributed by atoms with E-state index in [2.05, 4.69) is 0 Å². The van der Waals surface area contributed by atoms with Crippen molar-refractivity contribution in [3.8, 4) is 0 Å². The van der Waals surface area contributed by atoms with Crippen LogP contribution in [0.2, 0.25) is 0 Å². The maximum atomic E-state index is 8.74. The van der Waals surface area contributed by atoms with Gasteiger partial charge in [0.2, 0.25) is 0 Å². The summed E-state index contributed by atoms with van der Waals surface area (Å²) < 4.78 is 31.6. The molecule has 0 heterocycles. The third kappa shape index (κ3) is 3990. The first-order valence-electron chi connectivity index (χ1n) is 1.35. The molecule has 0 aliphatic heterocycles. The summed E-state index contributed by atoms with van der Waals surface area (Å²) in [4.78, 5) is 8.56. The Kier molecular flexibility index (Phi) is 32.9. The van der Waals surface area contributed by atoms with Gasteiger partial charge in [-0.15, -0.1) is 0 Å². The van der Waals surface area contributed by atoms with Crippen LogP contribution in [0.25, 0.3) is 0 Å². The minimum Gasteiger partial charge on any atom is -0.450 e. The molecule has 12 heavy (non-hydrogen) atoms. The van der Waals surface area contributed by atoms with E-state index in [0.29, 0.717) is 0 Å². The zero-order valence-electron chi connectivity index (χ0n) is 5.69. The predicted octanol–water partition coefficient (Wildman–Crippen LogP) is -0.109. The summed E-state index contributed by atoms with van der Waals surface area (Å²) >= 11 is 0. The quantitative estimate of drug-likeness (QED) is 0.250. The van der Waals surface area contributed by atoms with E-state index in [0.717, 1.165) is 0 Å². The summed E-state index contributed by atoms with van der Waals surface area (Å²) in [5.41, 5.74) is 0. The average Bonchev–Trinajstić information content (AvgIpc) is 1.19. The molecule has 80 valence electrons. The Hall–Kier alpha value is -0.421. The van der Waals surface area contributed by atoms with Gasteiger partial charge in [-0.3, -0.25) is 9.11 Å². The van der Waals surface area contributed by atoms with Crippen molar-refractivity contribution in [1.29, 1.82) is 0 Å². The third-order valence-corrected chi connectivity index (χ3v) is 0. The smallest absolute Gasteiger partial charge is 0.450 e. The summed E-state index contributed by atoms with van der Waals surface area (Å²) in [7, 11) is -4.67. The first kappa shape index (κ1) is 29.9. The van der Waals surface area contributed by atoms with Crippen molar-refractivity contribution in [3.63, 3.8) is 0 Å². The van der Waals surface area contributed by atoms with Crippen molar-refractivity contribution in [2.45, 2.75) is 0 Å². The van der Waals surface area contributed by atoms with Crippen LogP contribution in [0.4, 0.5) is 4.79 Å². The molecule has 10 N–H and O–H groups in total. The standard InChI is InChI=1S/CH2O3.Fe.2H3N.H2O4S/c2-1(3)4;;;;1-5(2,3)4/h(H2,2,3,4);;2*1H3;(H2,1,2,3,4). The fourth-order valence-corrected chi connectivity index (χ4v) is 0. The minimum atomic E-state index is -4.67. The molecule has 0 aliphatic carbocycles. The van der Waals surface area contributed by atoms with Crippen molar-refractivity contribution in [2.24, 2.45) is 0 Å². The normalized spacial score (nSPS) is 6.83. The molecule has 0 spiro atoms. The van der Waals surface area contributed by atoms with Crippen LogP contribution < -0.4 is 12.3 Å². The molecule has 11 heteroatoms. The Labute approximate surface area is 79.0 Å². The van der Waals surface area contributed by atoms with E-state index in [1.165, 1.54) is 0 Å². The van der Waals surface area contributed by atoms with Crippen LogP contribution in [-0.4, -0.2) is 33.9 Å². The van der Waals surface area contributed by atoms with E-state index in [1.807, 2.05) is 0 Å². The largest absolute Gasteiger partial charge is 0.503 e. The van der Waals surface area contributed by atoms with Gasteiger partial charge in [-0.25, -0.2) is 4.79 Å². The van der Waals surface area contributed by atoms with Crippen molar-refractivity contribution < 1.29 is 49.6 Å². The van der Waals surface area contributed by atoms with E-state index in [1.54, 1.807) is 0 Å². The number of carboxylic acid groups (broad SMARTS) is 2. The maximum absolute atomic E-state index is 8.74. The maximum Gasteiger partial charge on any atom is 0.503 e. The molecule has 0 saturated heterocycles. The molecule has 0 unspecified atom stereocenters. The van der Waals surface area contributed by atoms with Crippen molar-refractivity contribution in [2.75, 3.05) is 0 Å². The molecule has 0 aliphatic rings. The van der Waals surface area contributed by atoms with E-state index in [-0.39, 0.29) is 29.4 Å². The second-order valence-corrected chi connectivity index (χ2v) is 1.63. The number of hydrogen-bond donors (Lipinski definition) is 6. The summed E-state index contributed by atoms with van der Waals surface area (Å²) in [6, 6.07) is 0. The molecule has 0 radical (unpaired) electrons. The number of carbonyl (C=O) groups is 1. The zero-order valence-corrected chi connectivity index (χ0v) is 7.61. The van der Waals surface area contributed by atoms with Gasteiger partial charge < -0.3 is 22.5 Å². The fourth-order valence-electron chi connectivity index (χ4n) is 0.